The summed E-state index contributed by atoms with van der Waals surface area (Å²) in [6.45, 7) is 12.9. The van der Waals surface area contributed by atoms with E-state index in [0.717, 1.165) is 56.8 Å². The van der Waals surface area contributed by atoms with Gasteiger partial charge in [0.15, 0.2) is 55.5 Å². The van der Waals surface area contributed by atoms with Gasteiger partial charge in [-0.25, -0.2) is 4.79 Å². The Morgan fingerprint density at radius 3 is 1.43 bits per heavy atom. The van der Waals surface area contributed by atoms with E-state index in [2.05, 4.69) is 10.0 Å². The van der Waals surface area contributed by atoms with E-state index in [1.807, 2.05) is 81.4 Å². The number of amides is 2. The Morgan fingerprint density at radius 2 is 0.920 bits per heavy atom. The molecule has 4 aromatic carbocycles. The predicted octanol–water partition coefficient (Wildman–Crippen LogP) is 5.02. The number of azide groups is 1. The number of fused-ring (bicyclic) bond motifs is 1. The van der Waals surface area contributed by atoms with Crippen LogP contribution in [0.1, 0.15) is 100 Å². The van der Waals surface area contributed by atoms with E-state index in [0.29, 0.717) is 0 Å². The van der Waals surface area contributed by atoms with Crippen LogP contribution in [0.4, 0.5) is 0 Å². The second-order valence-electron chi connectivity index (χ2n) is 24.6. The molecule has 0 aliphatic carbocycles. The minimum absolute atomic E-state index is 0.0109. The van der Waals surface area contributed by atoms with Crippen molar-refractivity contribution >= 4 is 72.3 Å². The molecule has 0 bridgehead atoms. The van der Waals surface area contributed by atoms with Crippen LogP contribution >= 0.6 is 0 Å². The van der Waals surface area contributed by atoms with Gasteiger partial charge in [0.05, 0.1) is 75.6 Å². The highest BCUT2D eigenvalue weighted by Crippen LogP contribution is 2.43. The van der Waals surface area contributed by atoms with Crippen LogP contribution in [-0.4, -0.2) is 225 Å². The monoisotopic (exact) mass is 1410 g/mol. The van der Waals surface area contributed by atoms with Crippen molar-refractivity contribution in [2.45, 2.75) is 166 Å². The van der Waals surface area contributed by atoms with Crippen LogP contribution < -0.4 is 10.4 Å². The van der Waals surface area contributed by atoms with Crippen molar-refractivity contribution in [2.75, 3.05) is 66.0 Å². The van der Waals surface area contributed by atoms with Gasteiger partial charge in [0.25, 0.3) is 20.1 Å². The number of hydrogen-bond acceptors (Lipinski definition) is 27. The summed E-state index contributed by atoms with van der Waals surface area (Å²) in [7, 11) is -3.73. The Labute approximate surface area is 578 Å². The lowest BCUT2D eigenvalue weighted by molar-refractivity contribution is -0.377. The molecule has 8 rings (SSSR count). The van der Waals surface area contributed by atoms with E-state index < -0.39 is 172 Å². The first-order chi connectivity index (χ1) is 47.8. The molecular formula is C69H84N4O26Si. The lowest BCUT2D eigenvalue weighted by Crippen LogP contribution is -2.72. The van der Waals surface area contributed by atoms with Gasteiger partial charge in [0.1, 0.15) is 37.1 Å². The highest BCUT2D eigenvalue weighted by atomic mass is 28.4. The van der Waals surface area contributed by atoms with Gasteiger partial charge in [-0.05, 0) is 52.1 Å². The summed E-state index contributed by atoms with van der Waals surface area (Å²) >= 11 is 0. The van der Waals surface area contributed by atoms with Crippen LogP contribution in [-0.2, 0) is 109 Å². The lowest BCUT2D eigenvalue weighted by atomic mass is 9.93. The zero-order chi connectivity index (χ0) is 72.3. The van der Waals surface area contributed by atoms with E-state index in [4.69, 9.17) is 85.7 Å². The molecule has 4 heterocycles. The molecule has 4 aliphatic heterocycles. The molecule has 31 heteroatoms. The molecule has 3 saturated heterocycles. The van der Waals surface area contributed by atoms with Crippen LogP contribution in [0.5, 0.6) is 0 Å². The number of hydrogen-bond donors (Lipinski definition) is 0. The van der Waals surface area contributed by atoms with Crippen molar-refractivity contribution in [3.05, 3.63) is 142 Å². The highest BCUT2D eigenvalue weighted by Gasteiger charge is 2.62. The molecule has 3 fully saturated rings. The van der Waals surface area contributed by atoms with Crippen LogP contribution in [0.25, 0.3) is 10.4 Å². The molecule has 100 heavy (non-hydrogen) atoms. The van der Waals surface area contributed by atoms with Crippen molar-refractivity contribution in [3.63, 3.8) is 0 Å². The van der Waals surface area contributed by atoms with Crippen LogP contribution in [0.2, 0.25) is 5.04 Å². The van der Waals surface area contributed by atoms with Crippen molar-refractivity contribution in [1.29, 1.82) is 0 Å². The number of carbonyl (C=O) groups excluding carboxylic acids is 9. The maximum Gasteiger partial charge on any atom is 0.338 e. The normalized spacial score (nSPS) is 25.9. The molecule has 15 atom stereocenters. The predicted molar refractivity (Wildman–Crippen MR) is 348 cm³/mol. The van der Waals surface area contributed by atoms with Crippen LogP contribution in [0.15, 0.2) is 120 Å². The fourth-order valence-electron chi connectivity index (χ4n) is 12.4. The summed E-state index contributed by atoms with van der Waals surface area (Å²) in [6.07, 6.45) is -25.1. The van der Waals surface area contributed by atoms with E-state index in [-0.39, 0.29) is 69.5 Å². The molecule has 540 valence electrons. The third kappa shape index (κ3) is 19.5. The molecule has 0 N–H and O–H groups in total. The summed E-state index contributed by atoms with van der Waals surface area (Å²) in [5, 5.41) is 4.27. The summed E-state index contributed by atoms with van der Waals surface area (Å²) < 4.78 is 108. The lowest BCUT2D eigenvalue weighted by Gasteiger charge is -2.53. The molecular weight excluding hydrogens is 1330 g/mol. The van der Waals surface area contributed by atoms with Crippen molar-refractivity contribution in [2.24, 2.45) is 5.11 Å². The van der Waals surface area contributed by atoms with Crippen molar-refractivity contribution in [1.82, 2.24) is 4.90 Å². The molecule has 0 saturated carbocycles. The number of esters is 7. The molecule has 2 amide bonds. The molecule has 4 aliphatic rings. The third-order valence-corrected chi connectivity index (χ3v) is 21.4. The SMILES string of the molecule is CC(=O)OC[C@H]1O[C@@H](O[C@H]2[C@H](O[C@@H]3O[C@@H](C)[C@@H](OC(C)=O)[C@@H](OC(C)=O)[C@@H]3OC(C)=O)[C@@H](N3C(=O)c4ccccc4C3=O)[C@H](OCCOCCOCCOCCN=[N+]=[N-])O[C@@H]2CO[Si](c2ccccc2)(c2ccccc2)C(C)(C)C)[C@H](OC(C)=O)[C@@H](OC(=O)c2ccccc2)[C@H]1OC(C)=O. The summed E-state index contributed by atoms with van der Waals surface area (Å²) in [4.78, 5) is 128. The van der Waals surface area contributed by atoms with E-state index in [1.165, 1.54) is 31.2 Å². The zero-order valence-electron chi connectivity index (χ0n) is 57.1. The number of rotatable bonds is 32. The zero-order valence-corrected chi connectivity index (χ0v) is 58.1. The Bertz CT molecular complexity index is 3430. The fraction of sp³-hybridized carbons (Fsp3) is 0.522. The minimum Gasteiger partial charge on any atom is -0.463 e. The standard InChI is InChI=1S/C69H84N4O26Si/c1-40-55(90-42(3)75)59(92-44(5)77)61(93-45(6)78)67(89-40)99-58-54(73-63(80)50-28-20-21-29-51(50)64(73)81)66(86-37-36-85-35-34-84-33-32-83-31-30-71-72-70)95-53(39-88-100(69(8,9)10,48-24-16-12-17-25-48)49-26-18-13-19-27-49)56(58)98-68-62(94-46(7)79)60(97-65(82)47-22-14-11-15-23-47)57(91-43(4)76)52(96-68)38-87-41(2)74/h11-29,40,52-62,66-68H,30-39H2,1-10H3/t40-,52+,53+,54+,55+,56+,57-,58+,59+,60-,61-,62+,66+,67-,68-/m0/s1. The minimum atomic E-state index is -3.73. The Kier molecular flexibility index (Phi) is 27.9. The average molecular weight is 1410 g/mol. The maximum atomic E-state index is 15.4. The Morgan fingerprint density at radius 1 is 0.490 bits per heavy atom. The Balaban J connectivity index is 1.36. The molecule has 0 unspecified atom stereocenters. The second-order valence-corrected chi connectivity index (χ2v) is 28.9. The molecule has 4 aromatic rings. The van der Waals surface area contributed by atoms with E-state index >= 15 is 9.59 Å². The van der Waals surface area contributed by atoms with Gasteiger partial charge >= 0.3 is 41.8 Å². The first-order valence-corrected chi connectivity index (χ1v) is 34.4. The number of ether oxygens (including phenoxy) is 16. The van der Waals surface area contributed by atoms with Crippen molar-refractivity contribution < 1.29 is 123 Å². The van der Waals surface area contributed by atoms with Gasteiger partial charge in [0, 0.05) is 53.0 Å². The van der Waals surface area contributed by atoms with E-state index in [1.54, 1.807) is 30.3 Å². The third-order valence-electron chi connectivity index (χ3n) is 16.4. The number of benzene rings is 4. The molecule has 30 nitrogen and oxygen atoms in total. The largest absolute Gasteiger partial charge is 0.463 e. The number of carbonyl (C=O) groups is 9. The summed E-state index contributed by atoms with van der Waals surface area (Å²) in [5.41, 5.74) is 8.42. The van der Waals surface area contributed by atoms with Crippen molar-refractivity contribution in [3.8, 4) is 0 Å². The van der Waals surface area contributed by atoms with Crippen LogP contribution in [0, 0.1) is 0 Å². The summed E-state index contributed by atoms with van der Waals surface area (Å²) in [6, 6.07) is 30.5. The maximum absolute atomic E-state index is 15.4. The number of imide groups is 1. The molecule has 0 radical (unpaired) electrons. The average Bonchev–Trinajstić information content (AvgIpc) is 1.68. The highest BCUT2D eigenvalue weighted by molar-refractivity contribution is 6.99. The first-order valence-electron chi connectivity index (χ1n) is 32.5. The van der Waals surface area contributed by atoms with Gasteiger partial charge in [-0.3, -0.25) is 43.3 Å². The quantitative estimate of drug-likeness (QED) is 0.00905. The molecule has 0 spiro atoms. The van der Waals surface area contributed by atoms with E-state index in [9.17, 15) is 33.6 Å². The van der Waals surface area contributed by atoms with Gasteiger partial charge in [-0.2, -0.15) is 0 Å². The smallest absolute Gasteiger partial charge is 0.338 e. The van der Waals surface area contributed by atoms with Gasteiger partial charge < -0.3 is 80.2 Å². The topological polar surface area (TPSA) is 363 Å². The van der Waals surface area contributed by atoms with Gasteiger partial charge in [-0.15, -0.1) is 0 Å². The summed E-state index contributed by atoms with van der Waals surface area (Å²) in [5.74, 6) is -8.38. The van der Waals surface area contributed by atoms with Crippen LogP contribution in [0.3, 0.4) is 0 Å². The number of nitrogens with zero attached hydrogens (tertiary/aromatic N) is 4. The van der Waals surface area contributed by atoms with Gasteiger partial charge in [0.2, 0.25) is 0 Å². The Hall–Kier alpha value is -8.56. The van der Waals surface area contributed by atoms with Gasteiger partial charge in [-0.1, -0.05) is 117 Å². The molecule has 0 aromatic heterocycles. The second kappa shape index (κ2) is 36.2. The fourth-order valence-corrected chi connectivity index (χ4v) is 16.9. The first kappa shape index (κ1) is 77.2.